The van der Waals surface area contributed by atoms with E-state index in [0.29, 0.717) is 17.9 Å². The fraction of sp³-hybridized carbons (Fsp3) is 0.167. The number of rotatable bonds is 4. The number of aromatic amines is 1. The van der Waals surface area contributed by atoms with Gasteiger partial charge in [0.05, 0.1) is 7.11 Å². The number of halogens is 1. The van der Waals surface area contributed by atoms with Crippen LogP contribution in [0.15, 0.2) is 57.8 Å². The van der Waals surface area contributed by atoms with Crippen molar-refractivity contribution in [2.24, 2.45) is 0 Å². The summed E-state index contributed by atoms with van der Waals surface area (Å²) in [6, 6.07) is 15.5. The maximum absolute atomic E-state index is 12.8. The molecule has 0 saturated heterocycles. The molecule has 2 aromatic carbocycles. The molecule has 23 heavy (non-hydrogen) atoms. The van der Waals surface area contributed by atoms with Crippen molar-refractivity contribution >= 4 is 15.9 Å². The SMILES string of the molecule is COc1ccccc1-n1[nH]c(C)c(Cc2ccc(Br)cc2)c1=O. The van der Waals surface area contributed by atoms with Crippen molar-refractivity contribution in [2.75, 3.05) is 7.11 Å². The van der Waals surface area contributed by atoms with Crippen LogP contribution in [0, 0.1) is 6.92 Å². The summed E-state index contributed by atoms with van der Waals surface area (Å²) in [4.78, 5) is 12.8. The Bertz CT molecular complexity index is 879. The van der Waals surface area contributed by atoms with Crippen LogP contribution in [-0.4, -0.2) is 16.9 Å². The molecule has 4 nitrogen and oxygen atoms in total. The average Bonchev–Trinajstić information content (AvgIpc) is 2.85. The molecule has 1 heterocycles. The van der Waals surface area contributed by atoms with Gasteiger partial charge in [-0.15, -0.1) is 0 Å². The highest BCUT2D eigenvalue weighted by atomic mass is 79.9. The number of ether oxygens (including phenoxy) is 1. The molecule has 3 aromatic rings. The van der Waals surface area contributed by atoms with E-state index in [1.54, 1.807) is 11.8 Å². The Labute approximate surface area is 142 Å². The van der Waals surface area contributed by atoms with Gasteiger partial charge >= 0.3 is 0 Å². The molecule has 0 atom stereocenters. The number of aromatic nitrogens is 2. The molecule has 0 unspecified atom stereocenters. The second-order valence-corrected chi connectivity index (χ2v) is 6.25. The predicted molar refractivity (Wildman–Crippen MR) is 94.6 cm³/mol. The summed E-state index contributed by atoms with van der Waals surface area (Å²) in [7, 11) is 1.60. The number of para-hydroxylation sites is 2. The van der Waals surface area contributed by atoms with E-state index >= 15 is 0 Å². The standard InChI is InChI=1S/C18H17BrN2O2/c1-12-15(11-13-7-9-14(19)10-8-13)18(22)21(20-12)16-5-3-4-6-17(16)23-2/h3-10,20H,11H2,1-2H3. The van der Waals surface area contributed by atoms with Crippen LogP contribution in [0.1, 0.15) is 16.8 Å². The van der Waals surface area contributed by atoms with Gasteiger partial charge in [-0.25, -0.2) is 4.68 Å². The summed E-state index contributed by atoms with van der Waals surface area (Å²) in [5, 5.41) is 3.15. The monoisotopic (exact) mass is 372 g/mol. The smallest absolute Gasteiger partial charge is 0.275 e. The van der Waals surface area contributed by atoms with Gasteiger partial charge in [-0.3, -0.25) is 9.89 Å². The maximum atomic E-state index is 12.8. The first-order chi connectivity index (χ1) is 11.1. The molecule has 0 saturated carbocycles. The van der Waals surface area contributed by atoms with Gasteiger partial charge < -0.3 is 4.74 Å². The number of aryl methyl sites for hydroxylation is 1. The Morgan fingerprint density at radius 3 is 2.52 bits per heavy atom. The summed E-state index contributed by atoms with van der Waals surface area (Å²) in [5.74, 6) is 0.658. The van der Waals surface area contributed by atoms with E-state index in [9.17, 15) is 4.79 Å². The van der Waals surface area contributed by atoms with E-state index in [4.69, 9.17) is 4.74 Å². The van der Waals surface area contributed by atoms with Crippen LogP contribution in [0.3, 0.4) is 0 Å². The molecule has 0 amide bonds. The molecule has 3 rings (SSSR count). The topological polar surface area (TPSA) is 47.0 Å². The third-order valence-electron chi connectivity index (χ3n) is 3.81. The van der Waals surface area contributed by atoms with Crippen molar-refractivity contribution in [1.29, 1.82) is 0 Å². The number of hydrogen-bond acceptors (Lipinski definition) is 2. The normalized spacial score (nSPS) is 10.7. The Kier molecular flexibility index (Phi) is 4.39. The third kappa shape index (κ3) is 3.10. The van der Waals surface area contributed by atoms with E-state index in [1.807, 2.05) is 55.5 Å². The van der Waals surface area contributed by atoms with Crippen molar-refractivity contribution in [3.63, 3.8) is 0 Å². The van der Waals surface area contributed by atoms with Crippen molar-refractivity contribution in [3.05, 3.63) is 80.2 Å². The fourth-order valence-corrected chi connectivity index (χ4v) is 2.84. The summed E-state index contributed by atoms with van der Waals surface area (Å²) < 4.78 is 7.92. The van der Waals surface area contributed by atoms with Crippen LogP contribution in [0.4, 0.5) is 0 Å². The van der Waals surface area contributed by atoms with Crippen LogP contribution >= 0.6 is 15.9 Å². The van der Waals surface area contributed by atoms with Gasteiger partial charge in [-0.2, -0.15) is 0 Å². The summed E-state index contributed by atoms with van der Waals surface area (Å²) >= 11 is 3.42. The van der Waals surface area contributed by atoms with Gasteiger partial charge in [-0.1, -0.05) is 40.2 Å². The Hall–Kier alpha value is -2.27. The minimum absolute atomic E-state index is 0.0464. The first-order valence-corrected chi connectivity index (χ1v) is 8.08. The molecule has 0 radical (unpaired) electrons. The molecule has 0 aliphatic heterocycles. The highest BCUT2D eigenvalue weighted by molar-refractivity contribution is 9.10. The first kappa shape index (κ1) is 15.6. The quantitative estimate of drug-likeness (QED) is 0.756. The summed E-state index contributed by atoms with van der Waals surface area (Å²) in [6.07, 6.45) is 0.594. The molecule has 5 heteroatoms. The third-order valence-corrected chi connectivity index (χ3v) is 4.34. The summed E-state index contributed by atoms with van der Waals surface area (Å²) in [5.41, 5.74) is 3.39. The van der Waals surface area contributed by atoms with Gasteiger partial charge in [0.1, 0.15) is 11.4 Å². The molecule has 0 aliphatic carbocycles. The van der Waals surface area contributed by atoms with E-state index < -0.39 is 0 Å². The molecule has 1 N–H and O–H groups in total. The molecular formula is C18H17BrN2O2. The van der Waals surface area contributed by atoms with Crippen LogP contribution in [-0.2, 0) is 6.42 Å². The zero-order chi connectivity index (χ0) is 16.4. The molecule has 0 spiro atoms. The van der Waals surface area contributed by atoms with Gasteiger partial charge in [0, 0.05) is 22.2 Å². The number of hydrogen-bond donors (Lipinski definition) is 1. The Balaban J connectivity index is 2.03. The van der Waals surface area contributed by atoms with Crippen LogP contribution in [0.2, 0.25) is 0 Å². The highest BCUT2D eigenvalue weighted by Crippen LogP contribution is 2.21. The zero-order valence-corrected chi connectivity index (χ0v) is 14.6. The number of H-pyrrole nitrogens is 1. The van der Waals surface area contributed by atoms with Crippen molar-refractivity contribution < 1.29 is 4.74 Å². The number of methoxy groups -OCH3 is 1. The lowest BCUT2D eigenvalue weighted by Gasteiger charge is -2.07. The Morgan fingerprint density at radius 1 is 1.13 bits per heavy atom. The van der Waals surface area contributed by atoms with Gasteiger partial charge in [0.15, 0.2) is 0 Å². The predicted octanol–water partition coefficient (Wildman–Crippen LogP) is 3.84. The molecule has 0 bridgehead atoms. The molecular weight excluding hydrogens is 356 g/mol. The Morgan fingerprint density at radius 2 is 1.83 bits per heavy atom. The van der Waals surface area contributed by atoms with Crippen molar-refractivity contribution in [3.8, 4) is 11.4 Å². The van der Waals surface area contributed by atoms with Crippen LogP contribution in [0.5, 0.6) is 5.75 Å². The second-order valence-electron chi connectivity index (χ2n) is 5.33. The number of benzene rings is 2. The van der Waals surface area contributed by atoms with E-state index in [2.05, 4.69) is 21.0 Å². The largest absolute Gasteiger partial charge is 0.494 e. The maximum Gasteiger partial charge on any atom is 0.275 e. The lowest BCUT2D eigenvalue weighted by atomic mass is 10.1. The van der Waals surface area contributed by atoms with E-state index in [1.165, 1.54) is 0 Å². The minimum Gasteiger partial charge on any atom is -0.494 e. The fourth-order valence-electron chi connectivity index (χ4n) is 2.58. The summed E-state index contributed by atoms with van der Waals surface area (Å²) in [6.45, 7) is 1.92. The minimum atomic E-state index is -0.0464. The first-order valence-electron chi connectivity index (χ1n) is 7.28. The molecule has 1 aromatic heterocycles. The van der Waals surface area contributed by atoms with Crippen LogP contribution < -0.4 is 10.3 Å². The lowest BCUT2D eigenvalue weighted by molar-refractivity contribution is 0.411. The van der Waals surface area contributed by atoms with Crippen molar-refractivity contribution in [2.45, 2.75) is 13.3 Å². The van der Waals surface area contributed by atoms with Crippen molar-refractivity contribution in [1.82, 2.24) is 9.78 Å². The van der Waals surface area contributed by atoms with E-state index in [0.717, 1.165) is 21.3 Å². The molecule has 0 aliphatic rings. The molecule has 118 valence electrons. The van der Waals surface area contributed by atoms with E-state index in [-0.39, 0.29) is 5.56 Å². The highest BCUT2D eigenvalue weighted by Gasteiger charge is 2.15. The van der Waals surface area contributed by atoms with Gasteiger partial charge in [0.2, 0.25) is 0 Å². The van der Waals surface area contributed by atoms with Gasteiger partial charge in [-0.05, 0) is 36.8 Å². The van der Waals surface area contributed by atoms with Gasteiger partial charge in [0.25, 0.3) is 5.56 Å². The number of nitrogens with one attached hydrogen (secondary N) is 1. The lowest BCUT2D eigenvalue weighted by Crippen LogP contribution is -2.18. The average molecular weight is 373 g/mol. The zero-order valence-electron chi connectivity index (χ0n) is 13.0. The molecule has 0 fully saturated rings. The van der Waals surface area contributed by atoms with Crippen LogP contribution in [0.25, 0.3) is 5.69 Å². The second kappa shape index (κ2) is 6.46. The number of nitrogens with zero attached hydrogens (tertiary/aromatic N) is 1.